The zero-order valence-electron chi connectivity index (χ0n) is 8.72. The van der Waals surface area contributed by atoms with E-state index < -0.39 is 40.4 Å². The first-order chi connectivity index (χ1) is 7.10. The van der Waals surface area contributed by atoms with Gasteiger partial charge in [-0.15, -0.1) is 0 Å². The van der Waals surface area contributed by atoms with E-state index in [-0.39, 0.29) is 6.42 Å². The molecule has 16 heavy (non-hydrogen) atoms. The number of halogens is 3. The number of carboxylic acids is 1. The van der Waals surface area contributed by atoms with Gasteiger partial charge < -0.3 is 10.4 Å². The first-order valence-corrected chi connectivity index (χ1v) is 5.34. The Kier molecular flexibility index (Phi) is 5.11. The Morgan fingerprint density at radius 3 is 2.19 bits per heavy atom. The third kappa shape index (κ3) is 5.24. The van der Waals surface area contributed by atoms with Crippen molar-refractivity contribution in [2.45, 2.75) is 31.3 Å². The van der Waals surface area contributed by atoms with Crippen molar-refractivity contribution in [1.29, 1.82) is 0 Å². The van der Waals surface area contributed by atoms with Crippen LogP contribution in [-0.4, -0.2) is 33.8 Å². The molecule has 0 aromatic rings. The highest BCUT2D eigenvalue weighted by molar-refractivity contribution is 8.00. The van der Waals surface area contributed by atoms with Gasteiger partial charge in [0.15, 0.2) is 0 Å². The van der Waals surface area contributed by atoms with Gasteiger partial charge in [0.25, 0.3) is 0 Å². The molecule has 0 bridgehead atoms. The van der Waals surface area contributed by atoms with Crippen molar-refractivity contribution in [2.75, 3.05) is 5.75 Å². The molecule has 0 fully saturated rings. The molecule has 1 unspecified atom stereocenters. The second-order valence-electron chi connectivity index (χ2n) is 3.27. The molecule has 0 rings (SSSR count). The van der Waals surface area contributed by atoms with E-state index in [9.17, 15) is 22.8 Å². The van der Waals surface area contributed by atoms with E-state index in [1.165, 1.54) is 13.8 Å². The highest BCUT2D eigenvalue weighted by Crippen LogP contribution is 2.29. The van der Waals surface area contributed by atoms with Gasteiger partial charge in [0.1, 0.15) is 5.54 Å². The van der Waals surface area contributed by atoms with Crippen molar-refractivity contribution >= 4 is 23.6 Å². The van der Waals surface area contributed by atoms with Crippen molar-refractivity contribution in [3.05, 3.63) is 0 Å². The van der Waals surface area contributed by atoms with Crippen molar-refractivity contribution < 1.29 is 27.9 Å². The number of hydrogen-bond donors (Lipinski definition) is 2. The third-order valence-corrected chi connectivity index (χ3v) is 2.70. The first-order valence-electron chi connectivity index (χ1n) is 4.36. The Morgan fingerprint density at radius 2 is 1.88 bits per heavy atom. The molecule has 2 N–H and O–H groups in total. The number of nitrogens with one attached hydrogen (secondary N) is 1. The van der Waals surface area contributed by atoms with Crippen molar-refractivity contribution in [2.24, 2.45) is 0 Å². The monoisotopic (exact) mass is 259 g/mol. The maximum Gasteiger partial charge on any atom is 0.442 e. The number of alkyl halides is 3. The Morgan fingerprint density at radius 1 is 1.38 bits per heavy atom. The van der Waals surface area contributed by atoms with Crippen LogP contribution in [0.3, 0.4) is 0 Å². The molecule has 4 nitrogen and oxygen atoms in total. The molecule has 94 valence electrons. The summed E-state index contributed by atoms with van der Waals surface area (Å²) in [6.07, 6.45) is 0.0881. The fourth-order valence-corrected chi connectivity index (χ4v) is 1.15. The molecule has 0 aliphatic rings. The van der Waals surface area contributed by atoms with Crippen molar-refractivity contribution in [3.63, 3.8) is 0 Å². The Labute approximate surface area is 94.6 Å². The summed E-state index contributed by atoms with van der Waals surface area (Å²) in [4.78, 5) is 21.8. The molecule has 0 heterocycles. The second kappa shape index (κ2) is 5.42. The first kappa shape index (κ1) is 15.1. The Hall–Kier alpha value is -0.920. The molecular formula is C8H12F3NO3S. The van der Waals surface area contributed by atoms with Gasteiger partial charge in [-0.25, -0.2) is 4.79 Å². The van der Waals surface area contributed by atoms with E-state index in [1.807, 2.05) is 0 Å². The summed E-state index contributed by atoms with van der Waals surface area (Å²) in [5.74, 6) is -3.07. The van der Waals surface area contributed by atoms with Crippen LogP contribution in [0.4, 0.5) is 13.2 Å². The maximum atomic E-state index is 11.8. The van der Waals surface area contributed by atoms with Gasteiger partial charge in [-0.3, -0.25) is 4.79 Å². The predicted octanol–water partition coefficient (Wildman–Crippen LogP) is 1.61. The van der Waals surface area contributed by atoms with Crippen LogP contribution in [0.5, 0.6) is 0 Å². The van der Waals surface area contributed by atoms with Gasteiger partial charge in [0.05, 0.1) is 5.75 Å². The summed E-state index contributed by atoms with van der Waals surface area (Å²) in [6.45, 7) is 2.76. The van der Waals surface area contributed by atoms with Crippen LogP contribution in [0.25, 0.3) is 0 Å². The van der Waals surface area contributed by atoms with Crippen molar-refractivity contribution in [1.82, 2.24) is 5.32 Å². The molecule has 0 radical (unpaired) electrons. The van der Waals surface area contributed by atoms with Crippen molar-refractivity contribution in [3.8, 4) is 0 Å². The molecule has 0 spiro atoms. The van der Waals surface area contributed by atoms with Gasteiger partial charge in [0, 0.05) is 0 Å². The third-order valence-electron chi connectivity index (χ3n) is 1.96. The quantitative estimate of drug-likeness (QED) is 0.787. The SMILES string of the molecule is CCC(C)(NC(=O)CSC(F)(F)F)C(=O)O. The van der Waals surface area contributed by atoms with Crippen LogP contribution < -0.4 is 5.32 Å². The van der Waals surface area contributed by atoms with E-state index in [0.29, 0.717) is 0 Å². The van der Waals surface area contributed by atoms with E-state index in [4.69, 9.17) is 5.11 Å². The number of aliphatic carboxylic acids is 1. The second-order valence-corrected chi connectivity index (χ2v) is 4.31. The molecular weight excluding hydrogens is 247 g/mol. The smallest absolute Gasteiger partial charge is 0.442 e. The summed E-state index contributed by atoms with van der Waals surface area (Å²) in [7, 11) is 0. The van der Waals surface area contributed by atoms with E-state index in [0.717, 1.165) is 0 Å². The number of hydrogen-bond acceptors (Lipinski definition) is 3. The van der Waals surface area contributed by atoms with E-state index in [1.54, 1.807) is 0 Å². The van der Waals surface area contributed by atoms with E-state index >= 15 is 0 Å². The highest BCUT2D eigenvalue weighted by Gasteiger charge is 2.34. The number of carbonyl (C=O) groups excluding carboxylic acids is 1. The highest BCUT2D eigenvalue weighted by atomic mass is 32.2. The predicted molar refractivity (Wildman–Crippen MR) is 53.0 cm³/mol. The molecule has 0 aromatic carbocycles. The fourth-order valence-electron chi connectivity index (χ4n) is 0.784. The van der Waals surface area contributed by atoms with Crippen LogP contribution in [-0.2, 0) is 9.59 Å². The largest absolute Gasteiger partial charge is 0.480 e. The average Bonchev–Trinajstić information content (AvgIpc) is 2.13. The average molecular weight is 259 g/mol. The Balaban J connectivity index is 4.28. The summed E-state index contributed by atoms with van der Waals surface area (Å²) in [5.41, 5.74) is -6.02. The zero-order valence-corrected chi connectivity index (χ0v) is 9.54. The maximum absolute atomic E-state index is 11.8. The normalized spacial score (nSPS) is 15.3. The molecule has 0 aliphatic heterocycles. The topological polar surface area (TPSA) is 66.4 Å². The van der Waals surface area contributed by atoms with Gasteiger partial charge in [-0.05, 0) is 25.1 Å². The minimum atomic E-state index is -4.50. The van der Waals surface area contributed by atoms with Crippen LogP contribution in [0.2, 0.25) is 0 Å². The van der Waals surface area contributed by atoms with Crippen LogP contribution in [0.15, 0.2) is 0 Å². The number of carboxylic acid groups (broad SMARTS) is 1. The van der Waals surface area contributed by atoms with Gasteiger partial charge in [-0.1, -0.05) is 6.92 Å². The summed E-state index contributed by atoms with van der Waals surface area (Å²) in [5, 5.41) is 10.8. The molecule has 1 amide bonds. The number of amides is 1. The molecule has 8 heteroatoms. The lowest BCUT2D eigenvalue weighted by Gasteiger charge is -2.24. The lowest BCUT2D eigenvalue weighted by Crippen LogP contribution is -2.52. The van der Waals surface area contributed by atoms with Crippen LogP contribution in [0, 0.1) is 0 Å². The van der Waals surface area contributed by atoms with Gasteiger partial charge >= 0.3 is 11.5 Å². The van der Waals surface area contributed by atoms with E-state index in [2.05, 4.69) is 5.32 Å². The lowest BCUT2D eigenvalue weighted by molar-refractivity contribution is -0.146. The van der Waals surface area contributed by atoms with Gasteiger partial charge in [0.2, 0.25) is 5.91 Å². The molecule has 0 saturated carbocycles. The number of carbonyl (C=O) groups is 2. The standard InChI is InChI=1S/C8H12F3NO3S/c1-3-7(2,6(14)15)12-5(13)4-16-8(9,10)11/h3-4H2,1-2H3,(H,12,13)(H,14,15). The minimum absolute atomic E-state index is 0.0881. The number of rotatable bonds is 5. The minimum Gasteiger partial charge on any atom is -0.480 e. The van der Waals surface area contributed by atoms with Crippen LogP contribution in [0.1, 0.15) is 20.3 Å². The summed E-state index contributed by atoms with van der Waals surface area (Å²) in [6, 6.07) is 0. The Bertz CT molecular complexity index is 282. The molecule has 0 aliphatic carbocycles. The lowest BCUT2D eigenvalue weighted by atomic mass is 9.99. The molecule has 0 aromatic heterocycles. The molecule has 1 atom stereocenters. The van der Waals surface area contributed by atoms with Gasteiger partial charge in [-0.2, -0.15) is 13.2 Å². The summed E-state index contributed by atoms with van der Waals surface area (Å²) >= 11 is -0.500. The zero-order chi connectivity index (χ0) is 13.0. The summed E-state index contributed by atoms with van der Waals surface area (Å²) < 4.78 is 35.3. The molecule has 0 saturated heterocycles. The fraction of sp³-hybridized carbons (Fsp3) is 0.750. The van der Waals surface area contributed by atoms with Crippen LogP contribution >= 0.6 is 11.8 Å². The number of thioether (sulfide) groups is 1.